The summed E-state index contributed by atoms with van der Waals surface area (Å²) >= 11 is 4.72. The average Bonchev–Trinajstić information content (AvgIpc) is 2.78. The van der Waals surface area contributed by atoms with Gasteiger partial charge in [0.25, 0.3) is 0 Å². The Morgan fingerprint density at radius 3 is 2.88 bits per heavy atom. The van der Waals surface area contributed by atoms with Crippen LogP contribution < -0.4 is 0 Å². The molecule has 0 fully saturated rings. The van der Waals surface area contributed by atoms with Crippen LogP contribution in [0.1, 0.15) is 9.80 Å². The van der Waals surface area contributed by atoms with Gasteiger partial charge in [0.05, 0.1) is 12.8 Å². The van der Waals surface area contributed by atoms with Crippen molar-refractivity contribution in [2.75, 3.05) is 7.11 Å². The summed E-state index contributed by atoms with van der Waals surface area (Å²) in [4.78, 5) is 15.5. The van der Waals surface area contributed by atoms with Crippen molar-refractivity contribution in [3.63, 3.8) is 0 Å². The van der Waals surface area contributed by atoms with Crippen molar-refractivity contribution in [3.8, 4) is 11.3 Å². The van der Waals surface area contributed by atoms with E-state index in [0.29, 0.717) is 5.01 Å². The van der Waals surface area contributed by atoms with Gasteiger partial charge in [-0.3, -0.25) is 0 Å². The number of aromatic nitrogens is 1. The van der Waals surface area contributed by atoms with Crippen molar-refractivity contribution in [1.82, 2.24) is 4.98 Å². The van der Waals surface area contributed by atoms with Crippen molar-refractivity contribution in [3.05, 3.63) is 39.1 Å². The number of methoxy groups -OCH3 is 1. The van der Waals surface area contributed by atoms with E-state index < -0.39 is 5.97 Å². The number of thiazole rings is 1. The molecule has 0 N–H and O–H groups in total. The lowest BCUT2D eigenvalue weighted by molar-refractivity contribution is 0.0600. The number of esters is 1. The molecule has 0 atom stereocenters. The number of carbonyl (C=O) groups excluding carboxylic acids is 1. The third-order valence-electron chi connectivity index (χ3n) is 2.01. The lowest BCUT2D eigenvalue weighted by Gasteiger charge is -1.98. The summed E-state index contributed by atoms with van der Waals surface area (Å²) in [5.41, 5.74) is 1.74. The number of rotatable bonds is 2. The quantitative estimate of drug-likeness (QED) is 0.798. The van der Waals surface area contributed by atoms with Crippen molar-refractivity contribution in [2.24, 2.45) is 0 Å². The van der Waals surface area contributed by atoms with Crippen LogP contribution in [0.3, 0.4) is 0 Å². The number of carbonyl (C=O) groups is 1. The van der Waals surface area contributed by atoms with E-state index in [1.54, 1.807) is 0 Å². The topological polar surface area (TPSA) is 39.2 Å². The van der Waals surface area contributed by atoms with Crippen LogP contribution in [0.4, 0.5) is 0 Å². The largest absolute Gasteiger partial charge is 0.464 e. The SMILES string of the molecule is COC(=O)c1nc(-c2ccccc2Br)cs1. The molecular weight excluding hydrogens is 290 g/mol. The second kappa shape index (κ2) is 4.76. The number of benzene rings is 1. The zero-order valence-electron chi connectivity index (χ0n) is 8.44. The van der Waals surface area contributed by atoms with Gasteiger partial charge in [0.15, 0.2) is 0 Å². The molecule has 0 radical (unpaired) electrons. The van der Waals surface area contributed by atoms with Crippen molar-refractivity contribution in [2.45, 2.75) is 0 Å². The van der Waals surface area contributed by atoms with Crippen LogP contribution in [0.15, 0.2) is 34.1 Å². The Hall–Kier alpha value is -1.20. The summed E-state index contributed by atoms with van der Waals surface area (Å²) in [7, 11) is 1.35. The lowest BCUT2D eigenvalue weighted by Crippen LogP contribution is -1.99. The van der Waals surface area contributed by atoms with Crippen LogP contribution in [0, 0.1) is 0 Å². The molecule has 1 heterocycles. The van der Waals surface area contributed by atoms with Crippen LogP contribution in [0.5, 0.6) is 0 Å². The van der Waals surface area contributed by atoms with Gasteiger partial charge >= 0.3 is 5.97 Å². The maximum absolute atomic E-state index is 11.3. The fourth-order valence-electron chi connectivity index (χ4n) is 1.25. The van der Waals surface area contributed by atoms with E-state index in [9.17, 15) is 4.79 Å². The fraction of sp³-hybridized carbons (Fsp3) is 0.0909. The number of hydrogen-bond acceptors (Lipinski definition) is 4. The van der Waals surface area contributed by atoms with E-state index >= 15 is 0 Å². The molecule has 0 amide bonds. The van der Waals surface area contributed by atoms with Crippen LogP contribution in [0.25, 0.3) is 11.3 Å². The van der Waals surface area contributed by atoms with Gasteiger partial charge in [-0.1, -0.05) is 34.1 Å². The summed E-state index contributed by atoms with van der Waals surface area (Å²) in [6, 6.07) is 7.74. The van der Waals surface area contributed by atoms with Crippen molar-refractivity contribution in [1.29, 1.82) is 0 Å². The van der Waals surface area contributed by atoms with E-state index in [0.717, 1.165) is 15.7 Å². The summed E-state index contributed by atoms with van der Waals surface area (Å²) < 4.78 is 5.57. The fourth-order valence-corrected chi connectivity index (χ4v) is 2.47. The molecular formula is C11H8BrNO2S. The zero-order valence-corrected chi connectivity index (χ0v) is 10.8. The van der Waals surface area contributed by atoms with E-state index in [2.05, 4.69) is 25.7 Å². The molecule has 0 saturated carbocycles. The second-order valence-corrected chi connectivity index (χ2v) is 4.72. The Balaban J connectivity index is 2.39. The maximum Gasteiger partial charge on any atom is 0.367 e. The summed E-state index contributed by atoms with van der Waals surface area (Å²) in [6.07, 6.45) is 0. The molecule has 1 aromatic carbocycles. The first-order chi connectivity index (χ1) is 7.72. The van der Waals surface area contributed by atoms with Crippen LogP contribution in [-0.4, -0.2) is 18.1 Å². The number of nitrogens with zero attached hydrogens (tertiary/aromatic N) is 1. The molecule has 0 aliphatic rings. The summed E-state index contributed by atoms with van der Waals surface area (Å²) in [5, 5.41) is 2.21. The van der Waals surface area contributed by atoms with Gasteiger partial charge in [0.1, 0.15) is 0 Å². The molecule has 1 aromatic heterocycles. The standard InChI is InChI=1S/C11H8BrNO2S/c1-15-11(14)10-13-9(6-16-10)7-4-2-3-5-8(7)12/h2-6H,1H3. The summed E-state index contributed by atoms with van der Waals surface area (Å²) in [5.74, 6) is -0.400. The minimum atomic E-state index is -0.400. The van der Waals surface area contributed by atoms with Crippen molar-refractivity contribution < 1.29 is 9.53 Å². The molecule has 0 saturated heterocycles. The van der Waals surface area contributed by atoms with Crippen LogP contribution in [-0.2, 0) is 4.74 Å². The normalized spacial score (nSPS) is 10.1. The molecule has 5 heteroatoms. The molecule has 16 heavy (non-hydrogen) atoms. The molecule has 0 aliphatic heterocycles. The predicted octanol–water partition coefficient (Wildman–Crippen LogP) is 3.36. The predicted molar refractivity (Wildman–Crippen MR) is 66.6 cm³/mol. The Labute approximate surface area is 105 Å². The first kappa shape index (κ1) is 11.3. The highest BCUT2D eigenvalue weighted by Crippen LogP contribution is 2.28. The van der Waals surface area contributed by atoms with Crippen LogP contribution >= 0.6 is 27.3 Å². The minimum absolute atomic E-state index is 0.369. The Morgan fingerprint density at radius 2 is 2.19 bits per heavy atom. The van der Waals surface area contributed by atoms with E-state index in [1.807, 2.05) is 29.6 Å². The maximum atomic E-state index is 11.3. The van der Waals surface area contributed by atoms with Gasteiger partial charge in [-0.25, -0.2) is 9.78 Å². The van der Waals surface area contributed by atoms with Gasteiger partial charge in [-0.2, -0.15) is 0 Å². The van der Waals surface area contributed by atoms with Crippen LogP contribution in [0.2, 0.25) is 0 Å². The van der Waals surface area contributed by atoms with Crippen molar-refractivity contribution >= 4 is 33.2 Å². The van der Waals surface area contributed by atoms with Gasteiger partial charge < -0.3 is 4.74 Å². The lowest BCUT2D eigenvalue weighted by atomic mass is 10.2. The number of halogens is 1. The Bertz CT molecular complexity index is 524. The van der Waals surface area contributed by atoms with E-state index in [1.165, 1.54) is 18.4 Å². The molecule has 82 valence electrons. The average molecular weight is 298 g/mol. The molecule has 0 bridgehead atoms. The van der Waals surface area contributed by atoms with Gasteiger partial charge in [-0.05, 0) is 6.07 Å². The smallest absolute Gasteiger partial charge is 0.367 e. The first-order valence-corrected chi connectivity index (χ1v) is 6.18. The first-order valence-electron chi connectivity index (χ1n) is 4.51. The monoisotopic (exact) mass is 297 g/mol. The molecule has 0 spiro atoms. The van der Waals surface area contributed by atoms with Gasteiger partial charge in [0, 0.05) is 15.4 Å². The number of ether oxygens (including phenoxy) is 1. The van der Waals surface area contributed by atoms with Gasteiger partial charge in [-0.15, -0.1) is 11.3 Å². The van der Waals surface area contributed by atoms with Gasteiger partial charge in [0.2, 0.25) is 5.01 Å². The third-order valence-corrected chi connectivity index (χ3v) is 3.53. The Kier molecular flexibility index (Phi) is 3.36. The zero-order chi connectivity index (χ0) is 11.5. The third kappa shape index (κ3) is 2.15. The van der Waals surface area contributed by atoms with E-state index in [4.69, 9.17) is 0 Å². The highest BCUT2D eigenvalue weighted by Gasteiger charge is 2.13. The molecule has 0 unspecified atom stereocenters. The molecule has 0 aliphatic carbocycles. The highest BCUT2D eigenvalue weighted by molar-refractivity contribution is 9.10. The minimum Gasteiger partial charge on any atom is -0.464 e. The molecule has 2 rings (SSSR count). The number of hydrogen-bond donors (Lipinski definition) is 0. The molecule has 2 aromatic rings. The Morgan fingerprint density at radius 1 is 1.44 bits per heavy atom. The summed E-state index contributed by atoms with van der Waals surface area (Å²) in [6.45, 7) is 0. The highest BCUT2D eigenvalue weighted by atomic mass is 79.9. The van der Waals surface area contributed by atoms with E-state index in [-0.39, 0.29) is 0 Å². The molecule has 3 nitrogen and oxygen atoms in total. The second-order valence-electron chi connectivity index (χ2n) is 3.01.